The van der Waals surface area contributed by atoms with Gasteiger partial charge in [-0.2, -0.15) is 0 Å². The normalized spacial score (nSPS) is 17.8. The molecule has 1 atom stereocenters. The molecule has 9 heteroatoms. The molecule has 1 aliphatic rings. The Morgan fingerprint density at radius 3 is 2.60 bits per heavy atom. The summed E-state index contributed by atoms with van der Waals surface area (Å²) in [7, 11) is -0.610. The summed E-state index contributed by atoms with van der Waals surface area (Å²) in [5, 5.41) is 2.82. The maximum Gasteiger partial charge on any atom is 0.242 e. The quantitative estimate of drug-likeness (QED) is 0.666. The summed E-state index contributed by atoms with van der Waals surface area (Å²) in [4.78, 5) is 14.8. The molecule has 2 aromatic carbocycles. The van der Waals surface area contributed by atoms with Crippen LogP contribution in [0.4, 0.5) is 5.69 Å². The summed E-state index contributed by atoms with van der Waals surface area (Å²) >= 11 is 3.43. The van der Waals surface area contributed by atoms with Gasteiger partial charge in [0.25, 0.3) is 0 Å². The second-order valence-corrected chi connectivity index (χ2v) is 10.5. The number of aryl methyl sites for hydroxylation is 1. The molecule has 0 aliphatic carbocycles. The van der Waals surface area contributed by atoms with Crippen molar-refractivity contribution >= 4 is 37.5 Å². The number of halogens is 1. The Bertz CT molecular complexity index is 1010. The molecule has 3 rings (SSSR count). The topological polar surface area (TPSA) is 79.0 Å². The molecular formula is C21H26BrN3O4S. The smallest absolute Gasteiger partial charge is 0.242 e. The van der Waals surface area contributed by atoms with E-state index in [9.17, 15) is 13.2 Å². The fraction of sp³-hybridized carbons (Fsp3) is 0.381. The van der Waals surface area contributed by atoms with Crippen LogP contribution in [-0.2, 0) is 19.6 Å². The molecule has 1 saturated heterocycles. The van der Waals surface area contributed by atoms with Crippen LogP contribution in [0.5, 0.6) is 0 Å². The van der Waals surface area contributed by atoms with Crippen molar-refractivity contribution < 1.29 is 17.9 Å². The van der Waals surface area contributed by atoms with E-state index < -0.39 is 10.0 Å². The minimum atomic E-state index is -3.58. The molecule has 1 N–H and O–H groups in total. The van der Waals surface area contributed by atoms with Crippen LogP contribution in [0.2, 0.25) is 0 Å². The van der Waals surface area contributed by atoms with Crippen LogP contribution in [0, 0.1) is 6.92 Å². The molecule has 1 unspecified atom stereocenters. The van der Waals surface area contributed by atoms with E-state index in [2.05, 4.69) is 21.2 Å². The van der Waals surface area contributed by atoms with E-state index in [1.54, 1.807) is 19.1 Å². The Morgan fingerprint density at radius 1 is 1.23 bits per heavy atom. The number of sulfonamides is 1. The van der Waals surface area contributed by atoms with Crippen LogP contribution in [0.15, 0.2) is 51.8 Å². The molecule has 0 saturated carbocycles. The second-order valence-electron chi connectivity index (χ2n) is 7.46. The van der Waals surface area contributed by atoms with Gasteiger partial charge in [-0.25, -0.2) is 12.7 Å². The first-order chi connectivity index (χ1) is 14.2. The number of anilines is 1. The number of hydrogen-bond donors (Lipinski definition) is 1. The molecule has 1 amide bonds. The molecule has 30 heavy (non-hydrogen) atoms. The number of benzene rings is 2. The predicted molar refractivity (Wildman–Crippen MR) is 120 cm³/mol. The molecule has 0 aromatic heterocycles. The molecule has 0 bridgehead atoms. The average Bonchev–Trinajstić information content (AvgIpc) is 2.70. The van der Waals surface area contributed by atoms with Crippen LogP contribution in [0.1, 0.15) is 17.2 Å². The molecule has 1 aliphatic heterocycles. The van der Waals surface area contributed by atoms with E-state index in [4.69, 9.17) is 4.74 Å². The Balaban J connectivity index is 1.65. The maximum absolute atomic E-state index is 12.6. The zero-order valence-electron chi connectivity index (χ0n) is 17.3. The van der Waals surface area contributed by atoms with Crippen LogP contribution < -0.4 is 5.32 Å². The van der Waals surface area contributed by atoms with Crippen LogP contribution in [0.25, 0.3) is 0 Å². The third-order valence-corrected chi connectivity index (χ3v) is 7.48. The van der Waals surface area contributed by atoms with Crippen molar-refractivity contribution in [2.45, 2.75) is 17.9 Å². The van der Waals surface area contributed by atoms with E-state index in [-0.39, 0.29) is 23.5 Å². The number of carbonyl (C=O) groups is 1. The Labute approximate surface area is 186 Å². The first kappa shape index (κ1) is 22.9. The van der Waals surface area contributed by atoms with Gasteiger partial charge in [-0.3, -0.25) is 9.69 Å². The third-order valence-electron chi connectivity index (χ3n) is 4.99. The number of hydrogen-bond acceptors (Lipinski definition) is 5. The Kier molecular flexibility index (Phi) is 7.30. The van der Waals surface area contributed by atoms with Crippen molar-refractivity contribution in [3.63, 3.8) is 0 Å². The molecule has 7 nitrogen and oxygen atoms in total. The molecule has 0 radical (unpaired) electrons. The third kappa shape index (κ3) is 5.47. The minimum absolute atomic E-state index is 0.0872. The highest BCUT2D eigenvalue weighted by Gasteiger charge is 2.24. The van der Waals surface area contributed by atoms with Crippen molar-refractivity contribution in [2.75, 3.05) is 45.7 Å². The van der Waals surface area contributed by atoms with Gasteiger partial charge in [-0.1, -0.05) is 34.1 Å². The molecule has 2 aromatic rings. The fourth-order valence-corrected chi connectivity index (χ4v) is 4.69. The minimum Gasteiger partial charge on any atom is -0.371 e. The second kappa shape index (κ2) is 9.57. The van der Waals surface area contributed by atoms with Gasteiger partial charge in [-0.05, 0) is 42.3 Å². The summed E-state index contributed by atoms with van der Waals surface area (Å²) in [5.41, 5.74) is 2.16. The van der Waals surface area contributed by atoms with Gasteiger partial charge in [-0.15, -0.1) is 0 Å². The zero-order chi connectivity index (χ0) is 21.9. The number of nitrogens with zero attached hydrogens (tertiary/aromatic N) is 2. The monoisotopic (exact) mass is 495 g/mol. The first-order valence-electron chi connectivity index (χ1n) is 9.59. The summed E-state index contributed by atoms with van der Waals surface area (Å²) < 4.78 is 33.0. The standard InChI is InChI=1S/C21H26BrN3O4S/c1-15-4-9-18(12-20(15)30(27,28)24(2)3)23-21(26)14-25-10-11-29-19(13-25)16-5-7-17(22)8-6-16/h4-9,12,19H,10-11,13-14H2,1-3H3,(H,23,26). The zero-order valence-corrected chi connectivity index (χ0v) is 19.7. The van der Waals surface area contributed by atoms with Crippen molar-refractivity contribution in [1.82, 2.24) is 9.21 Å². The average molecular weight is 496 g/mol. The molecule has 1 fully saturated rings. The summed E-state index contributed by atoms with van der Waals surface area (Å²) in [6.45, 7) is 3.76. The Morgan fingerprint density at radius 2 is 1.93 bits per heavy atom. The predicted octanol–water partition coefficient (Wildman–Crippen LogP) is 3.02. The van der Waals surface area contributed by atoms with Gasteiger partial charge in [0.05, 0.1) is 24.2 Å². The molecule has 162 valence electrons. The van der Waals surface area contributed by atoms with Gasteiger partial charge >= 0.3 is 0 Å². The van der Waals surface area contributed by atoms with Crippen LogP contribution in [0.3, 0.4) is 0 Å². The maximum atomic E-state index is 12.6. The number of ether oxygens (including phenoxy) is 1. The molecule has 1 heterocycles. The van der Waals surface area contributed by atoms with Crippen molar-refractivity contribution in [3.8, 4) is 0 Å². The number of morpholine rings is 1. The molecular weight excluding hydrogens is 470 g/mol. The number of nitrogens with one attached hydrogen (secondary N) is 1. The van der Waals surface area contributed by atoms with Gasteiger partial charge in [0, 0.05) is 37.3 Å². The van der Waals surface area contributed by atoms with Crippen molar-refractivity contribution in [2.24, 2.45) is 0 Å². The lowest BCUT2D eigenvalue weighted by Gasteiger charge is -2.32. The van der Waals surface area contributed by atoms with E-state index in [0.717, 1.165) is 14.3 Å². The SMILES string of the molecule is Cc1ccc(NC(=O)CN2CCOC(c3ccc(Br)cc3)C2)cc1S(=O)(=O)N(C)C. The van der Waals surface area contributed by atoms with Gasteiger partial charge in [0.2, 0.25) is 15.9 Å². The van der Waals surface area contributed by atoms with Crippen molar-refractivity contribution in [3.05, 3.63) is 58.1 Å². The Hall–Kier alpha value is -1.78. The van der Waals surface area contributed by atoms with Crippen LogP contribution in [-0.4, -0.2) is 63.9 Å². The number of rotatable bonds is 6. The lowest BCUT2D eigenvalue weighted by atomic mass is 10.1. The van der Waals surface area contributed by atoms with E-state index >= 15 is 0 Å². The summed E-state index contributed by atoms with van der Waals surface area (Å²) in [6, 6.07) is 12.9. The number of carbonyl (C=O) groups excluding carboxylic acids is 1. The van der Waals surface area contributed by atoms with Gasteiger partial charge in [0.1, 0.15) is 0 Å². The number of amides is 1. The van der Waals surface area contributed by atoms with Crippen molar-refractivity contribution in [1.29, 1.82) is 0 Å². The highest BCUT2D eigenvalue weighted by Crippen LogP contribution is 2.25. The van der Waals surface area contributed by atoms with Crippen LogP contribution >= 0.6 is 15.9 Å². The first-order valence-corrected chi connectivity index (χ1v) is 11.8. The van der Waals surface area contributed by atoms with E-state index in [1.807, 2.05) is 29.2 Å². The highest BCUT2D eigenvalue weighted by molar-refractivity contribution is 9.10. The lowest BCUT2D eigenvalue weighted by molar-refractivity contribution is -0.119. The largest absolute Gasteiger partial charge is 0.371 e. The summed E-state index contributed by atoms with van der Waals surface area (Å²) in [5.74, 6) is -0.191. The lowest BCUT2D eigenvalue weighted by Crippen LogP contribution is -2.42. The van der Waals surface area contributed by atoms with E-state index in [1.165, 1.54) is 20.2 Å². The van der Waals surface area contributed by atoms with Gasteiger partial charge < -0.3 is 10.1 Å². The highest BCUT2D eigenvalue weighted by atomic mass is 79.9. The van der Waals surface area contributed by atoms with E-state index in [0.29, 0.717) is 30.9 Å². The van der Waals surface area contributed by atoms with Gasteiger partial charge in [0.15, 0.2) is 0 Å². The summed E-state index contributed by atoms with van der Waals surface area (Å²) in [6.07, 6.45) is -0.0872. The fourth-order valence-electron chi connectivity index (χ4n) is 3.28. The molecule has 0 spiro atoms.